The maximum Gasteiger partial charge on any atom is 0.309 e. The molecule has 0 spiro atoms. The van der Waals surface area contributed by atoms with Crippen molar-refractivity contribution in [3.05, 3.63) is 11.0 Å². The molecule has 0 atom stereocenters. The average Bonchev–Trinajstić information content (AvgIpc) is 2.06. The first-order valence-corrected chi connectivity index (χ1v) is 6.06. The molecule has 0 fully saturated rings. The molecule has 2 nitrogen and oxygen atoms in total. The third-order valence-electron chi connectivity index (χ3n) is 1.37. The standard InChI is InChI=1S/C8H12O2S2/c1-2-10-8(9)3-7-4-11-6-12-5-7/h4H,2-3,5-6H2,1H3. The molecular formula is C8H12O2S2. The Labute approximate surface area is 81.1 Å². The van der Waals surface area contributed by atoms with Gasteiger partial charge in [-0.2, -0.15) is 0 Å². The Bertz CT molecular complexity index is 189. The molecule has 0 radical (unpaired) electrons. The minimum Gasteiger partial charge on any atom is -0.466 e. The third kappa shape index (κ3) is 3.54. The van der Waals surface area contributed by atoms with E-state index in [4.69, 9.17) is 4.74 Å². The smallest absolute Gasteiger partial charge is 0.309 e. The molecule has 68 valence electrons. The summed E-state index contributed by atoms with van der Waals surface area (Å²) in [5.74, 6) is 0.873. The maximum absolute atomic E-state index is 11.0. The lowest BCUT2D eigenvalue weighted by atomic mass is 10.2. The number of hydrogen-bond donors (Lipinski definition) is 0. The van der Waals surface area contributed by atoms with E-state index in [1.165, 1.54) is 5.57 Å². The molecule has 1 aliphatic rings. The summed E-state index contributed by atoms with van der Waals surface area (Å²) < 4.78 is 4.85. The van der Waals surface area contributed by atoms with Crippen LogP contribution in [-0.4, -0.2) is 23.4 Å². The summed E-state index contributed by atoms with van der Waals surface area (Å²) in [4.78, 5) is 11.0. The van der Waals surface area contributed by atoms with Gasteiger partial charge in [0.1, 0.15) is 0 Å². The number of carbonyl (C=O) groups excluding carboxylic acids is 1. The van der Waals surface area contributed by atoms with Crippen LogP contribution in [0.25, 0.3) is 0 Å². The molecule has 1 heterocycles. The summed E-state index contributed by atoms with van der Waals surface area (Å²) in [5.41, 5.74) is 1.19. The molecular weight excluding hydrogens is 192 g/mol. The van der Waals surface area contributed by atoms with Crippen molar-refractivity contribution in [3.8, 4) is 0 Å². The van der Waals surface area contributed by atoms with E-state index in [-0.39, 0.29) is 5.97 Å². The zero-order valence-electron chi connectivity index (χ0n) is 7.04. The van der Waals surface area contributed by atoms with Gasteiger partial charge in [0, 0.05) is 10.8 Å². The van der Waals surface area contributed by atoms with Gasteiger partial charge in [-0.15, -0.1) is 23.5 Å². The molecule has 0 aliphatic carbocycles. The van der Waals surface area contributed by atoms with Crippen LogP contribution in [0.2, 0.25) is 0 Å². The molecule has 0 aromatic carbocycles. The van der Waals surface area contributed by atoms with Crippen LogP contribution in [0, 0.1) is 0 Å². The average molecular weight is 204 g/mol. The van der Waals surface area contributed by atoms with Gasteiger partial charge in [0.25, 0.3) is 0 Å². The highest BCUT2D eigenvalue weighted by atomic mass is 32.2. The first kappa shape index (κ1) is 9.99. The fraction of sp³-hybridized carbons (Fsp3) is 0.625. The largest absolute Gasteiger partial charge is 0.466 e. The van der Waals surface area contributed by atoms with E-state index in [0.717, 1.165) is 10.8 Å². The molecule has 0 saturated heterocycles. The minimum absolute atomic E-state index is 0.105. The first-order valence-electron chi connectivity index (χ1n) is 3.86. The second-order valence-electron chi connectivity index (χ2n) is 2.39. The fourth-order valence-electron chi connectivity index (χ4n) is 0.897. The van der Waals surface area contributed by atoms with Crippen LogP contribution in [0.15, 0.2) is 11.0 Å². The number of hydrogen-bond acceptors (Lipinski definition) is 4. The molecule has 0 bridgehead atoms. The van der Waals surface area contributed by atoms with Crippen molar-refractivity contribution in [2.45, 2.75) is 13.3 Å². The predicted molar refractivity (Wildman–Crippen MR) is 54.2 cm³/mol. The lowest BCUT2D eigenvalue weighted by molar-refractivity contribution is -0.142. The van der Waals surface area contributed by atoms with Crippen molar-refractivity contribution in [1.29, 1.82) is 0 Å². The van der Waals surface area contributed by atoms with Gasteiger partial charge in [0.05, 0.1) is 13.0 Å². The Balaban J connectivity index is 2.29. The van der Waals surface area contributed by atoms with Crippen LogP contribution < -0.4 is 0 Å². The molecule has 0 aromatic rings. The highest BCUT2D eigenvalue weighted by Gasteiger charge is 2.09. The van der Waals surface area contributed by atoms with Gasteiger partial charge in [-0.25, -0.2) is 0 Å². The zero-order chi connectivity index (χ0) is 8.81. The van der Waals surface area contributed by atoms with Crippen LogP contribution in [0.4, 0.5) is 0 Å². The van der Waals surface area contributed by atoms with E-state index in [9.17, 15) is 4.79 Å². The van der Waals surface area contributed by atoms with Crippen molar-refractivity contribution in [1.82, 2.24) is 0 Å². The minimum atomic E-state index is -0.105. The summed E-state index contributed by atoms with van der Waals surface area (Å²) in [7, 11) is 0. The third-order valence-corrected chi connectivity index (χ3v) is 3.65. The van der Waals surface area contributed by atoms with Gasteiger partial charge in [0.2, 0.25) is 0 Å². The van der Waals surface area contributed by atoms with Crippen LogP contribution in [0.1, 0.15) is 13.3 Å². The van der Waals surface area contributed by atoms with Crippen molar-refractivity contribution in [2.75, 3.05) is 17.4 Å². The fourth-order valence-corrected chi connectivity index (χ4v) is 2.84. The number of rotatable bonds is 3. The SMILES string of the molecule is CCOC(=O)CC1=CSCSC1. The van der Waals surface area contributed by atoms with Gasteiger partial charge in [-0.05, 0) is 17.9 Å². The highest BCUT2D eigenvalue weighted by Crippen LogP contribution is 2.26. The number of thioether (sulfide) groups is 2. The van der Waals surface area contributed by atoms with Crippen molar-refractivity contribution in [2.24, 2.45) is 0 Å². The van der Waals surface area contributed by atoms with Gasteiger partial charge < -0.3 is 4.74 Å². The Morgan fingerprint density at radius 3 is 3.17 bits per heavy atom. The van der Waals surface area contributed by atoms with E-state index in [2.05, 4.69) is 5.41 Å². The molecule has 4 heteroatoms. The van der Waals surface area contributed by atoms with E-state index in [0.29, 0.717) is 13.0 Å². The normalized spacial score (nSPS) is 16.9. The monoisotopic (exact) mass is 204 g/mol. The van der Waals surface area contributed by atoms with E-state index < -0.39 is 0 Å². The van der Waals surface area contributed by atoms with E-state index >= 15 is 0 Å². The number of carbonyl (C=O) groups is 1. The summed E-state index contributed by atoms with van der Waals surface area (Å²) in [6, 6.07) is 0. The number of ether oxygens (including phenoxy) is 1. The Hall–Kier alpha value is -0.0900. The molecule has 0 saturated carbocycles. The van der Waals surface area contributed by atoms with Gasteiger partial charge in [-0.3, -0.25) is 4.79 Å². The van der Waals surface area contributed by atoms with E-state index in [1.54, 1.807) is 11.8 Å². The summed E-state index contributed by atoms with van der Waals surface area (Å²) >= 11 is 3.61. The molecule has 12 heavy (non-hydrogen) atoms. The van der Waals surface area contributed by atoms with Gasteiger partial charge >= 0.3 is 5.97 Å². The van der Waals surface area contributed by atoms with Crippen LogP contribution in [-0.2, 0) is 9.53 Å². The van der Waals surface area contributed by atoms with Gasteiger partial charge in [0.15, 0.2) is 0 Å². The maximum atomic E-state index is 11.0. The van der Waals surface area contributed by atoms with Crippen molar-refractivity contribution < 1.29 is 9.53 Å². The summed E-state index contributed by atoms with van der Waals surface area (Å²) in [5, 5.41) is 3.18. The quantitative estimate of drug-likeness (QED) is 0.659. The molecule has 0 amide bonds. The zero-order valence-corrected chi connectivity index (χ0v) is 8.67. The first-order chi connectivity index (χ1) is 5.83. The number of esters is 1. The van der Waals surface area contributed by atoms with Crippen LogP contribution in [0.3, 0.4) is 0 Å². The molecule has 0 aromatic heterocycles. The molecule has 0 unspecified atom stereocenters. The highest BCUT2D eigenvalue weighted by molar-refractivity contribution is 8.18. The summed E-state index contributed by atoms with van der Waals surface area (Å²) in [6.45, 7) is 2.31. The van der Waals surface area contributed by atoms with Crippen LogP contribution >= 0.6 is 23.5 Å². The van der Waals surface area contributed by atoms with Crippen molar-refractivity contribution >= 4 is 29.5 Å². The Kier molecular flexibility index (Phi) is 4.61. The lowest BCUT2D eigenvalue weighted by Gasteiger charge is -2.10. The van der Waals surface area contributed by atoms with E-state index in [1.807, 2.05) is 18.7 Å². The topological polar surface area (TPSA) is 26.3 Å². The molecule has 1 rings (SSSR count). The summed E-state index contributed by atoms with van der Waals surface area (Å²) in [6.07, 6.45) is 0.466. The van der Waals surface area contributed by atoms with Gasteiger partial charge in [-0.1, -0.05) is 0 Å². The Morgan fingerprint density at radius 2 is 2.58 bits per heavy atom. The second kappa shape index (κ2) is 5.54. The lowest BCUT2D eigenvalue weighted by Crippen LogP contribution is -2.07. The van der Waals surface area contributed by atoms with Crippen molar-refractivity contribution in [3.63, 3.8) is 0 Å². The Morgan fingerprint density at radius 1 is 1.75 bits per heavy atom. The molecule has 0 N–H and O–H groups in total. The van der Waals surface area contributed by atoms with Crippen LogP contribution in [0.5, 0.6) is 0 Å². The predicted octanol–water partition coefficient (Wildman–Crippen LogP) is 2.26. The molecule has 1 aliphatic heterocycles. The second-order valence-corrected chi connectivity index (χ2v) is 4.60.